The number of hydrogen-bond donors (Lipinski definition) is 2. The van der Waals surface area contributed by atoms with Crippen LogP contribution in [0.1, 0.15) is 6.42 Å². The first-order valence-corrected chi connectivity index (χ1v) is 5.14. The summed E-state index contributed by atoms with van der Waals surface area (Å²) >= 11 is 5.63. The van der Waals surface area contributed by atoms with Gasteiger partial charge in [0.1, 0.15) is 0 Å². The molecule has 0 aliphatic rings. The molecule has 1 rings (SSSR count). The molecule has 0 bridgehead atoms. The van der Waals surface area contributed by atoms with Gasteiger partial charge >= 0.3 is 11.7 Å². The van der Waals surface area contributed by atoms with E-state index in [1.54, 1.807) is 5.59 Å². The number of hydrazine groups is 1. The van der Waals surface area contributed by atoms with Gasteiger partial charge in [0.25, 0.3) is 0 Å². The van der Waals surface area contributed by atoms with Crippen molar-refractivity contribution in [2.75, 3.05) is 6.61 Å². The maximum atomic E-state index is 10.9. The first-order valence-electron chi connectivity index (χ1n) is 4.76. The Bertz CT molecular complexity index is 454. The molecule has 0 aromatic heterocycles. The zero-order valence-electron chi connectivity index (χ0n) is 9.09. The van der Waals surface area contributed by atoms with E-state index in [0.717, 1.165) is 6.07 Å². The Hall–Kier alpha value is -1.90. The van der Waals surface area contributed by atoms with Gasteiger partial charge in [-0.15, -0.1) is 0 Å². The third-order valence-corrected chi connectivity index (χ3v) is 2.09. The molecule has 0 aliphatic carbocycles. The van der Waals surface area contributed by atoms with Crippen LogP contribution in [-0.2, 0) is 9.63 Å². The number of ether oxygens (including phenoxy) is 1. The second-order valence-electron chi connectivity index (χ2n) is 3.06. The fourth-order valence-electron chi connectivity index (χ4n) is 1.12. The van der Waals surface area contributed by atoms with Crippen molar-refractivity contribution in [3.05, 3.63) is 33.3 Å². The lowest BCUT2D eigenvalue weighted by molar-refractivity contribution is -0.385. The lowest BCUT2D eigenvalue weighted by Crippen LogP contribution is -2.27. The quantitative estimate of drug-likeness (QED) is 0.451. The topological polar surface area (TPSA) is 117 Å². The molecule has 0 radical (unpaired) electrons. The van der Waals surface area contributed by atoms with Crippen molar-refractivity contribution in [2.45, 2.75) is 6.42 Å². The normalized spacial score (nSPS) is 9.89. The van der Waals surface area contributed by atoms with Crippen molar-refractivity contribution >= 4 is 23.3 Å². The van der Waals surface area contributed by atoms with E-state index in [9.17, 15) is 14.9 Å². The number of carbonyl (C=O) groups excluding carboxylic acids is 1. The van der Waals surface area contributed by atoms with Crippen LogP contribution >= 0.6 is 11.6 Å². The lowest BCUT2D eigenvalue weighted by atomic mass is 10.3. The average Bonchev–Trinajstić information content (AvgIpc) is 2.31. The molecular weight excluding hydrogens is 266 g/mol. The van der Waals surface area contributed by atoms with E-state index in [1.807, 2.05) is 0 Å². The molecule has 1 aromatic rings. The van der Waals surface area contributed by atoms with Crippen molar-refractivity contribution in [2.24, 2.45) is 5.84 Å². The Labute approximate surface area is 107 Å². The van der Waals surface area contributed by atoms with Crippen LogP contribution < -0.4 is 16.2 Å². The smallest absolute Gasteiger partial charge is 0.329 e. The van der Waals surface area contributed by atoms with Crippen LogP contribution in [0, 0.1) is 10.1 Å². The third-order valence-electron chi connectivity index (χ3n) is 1.85. The zero-order chi connectivity index (χ0) is 13.5. The van der Waals surface area contributed by atoms with E-state index >= 15 is 0 Å². The molecule has 18 heavy (non-hydrogen) atoms. The summed E-state index contributed by atoms with van der Waals surface area (Å²) < 4.78 is 5.10. The van der Waals surface area contributed by atoms with Gasteiger partial charge in [-0.05, 0) is 12.1 Å². The van der Waals surface area contributed by atoms with Crippen molar-refractivity contribution in [1.29, 1.82) is 0 Å². The summed E-state index contributed by atoms with van der Waals surface area (Å²) in [4.78, 5) is 25.2. The molecule has 0 unspecified atom stereocenters. The van der Waals surface area contributed by atoms with Gasteiger partial charge in [0.2, 0.25) is 0 Å². The minimum absolute atomic E-state index is 0.0258. The second-order valence-corrected chi connectivity index (χ2v) is 3.50. The summed E-state index contributed by atoms with van der Waals surface area (Å²) in [5.41, 5.74) is 1.45. The summed E-state index contributed by atoms with van der Waals surface area (Å²) in [5, 5.41) is 10.9. The van der Waals surface area contributed by atoms with Crippen LogP contribution in [0.2, 0.25) is 5.02 Å². The van der Waals surface area contributed by atoms with Gasteiger partial charge < -0.3 is 9.57 Å². The summed E-state index contributed by atoms with van der Waals surface area (Å²) in [6.07, 6.45) is -0.107. The lowest BCUT2D eigenvalue weighted by Gasteiger charge is -2.06. The van der Waals surface area contributed by atoms with E-state index < -0.39 is 10.9 Å². The van der Waals surface area contributed by atoms with Gasteiger partial charge in [-0.3, -0.25) is 14.9 Å². The number of nitrogens with zero attached hydrogens (tertiary/aromatic N) is 1. The number of carbonyl (C=O) groups is 1. The molecule has 3 N–H and O–H groups in total. The molecule has 0 spiro atoms. The summed E-state index contributed by atoms with van der Waals surface area (Å²) in [5.74, 6) is 4.14. The molecule has 1 aromatic carbocycles. The van der Waals surface area contributed by atoms with E-state index in [1.165, 1.54) is 12.1 Å². The molecule has 0 saturated carbocycles. The maximum absolute atomic E-state index is 10.9. The predicted molar refractivity (Wildman–Crippen MR) is 61.6 cm³/mol. The van der Waals surface area contributed by atoms with Gasteiger partial charge in [0.15, 0.2) is 5.75 Å². The highest BCUT2D eigenvalue weighted by atomic mass is 35.5. The number of nitrogens with one attached hydrogen (secondary N) is 1. The van der Waals surface area contributed by atoms with Crippen LogP contribution in [0.25, 0.3) is 0 Å². The number of benzene rings is 1. The van der Waals surface area contributed by atoms with Gasteiger partial charge in [-0.2, -0.15) is 0 Å². The van der Waals surface area contributed by atoms with Gasteiger partial charge in [-0.1, -0.05) is 17.2 Å². The molecule has 8 nitrogen and oxygen atoms in total. The molecule has 98 valence electrons. The Morgan fingerprint density at radius 3 is 2.89 bits per heavy atom. The number of nitro groups is 1. The fourth-order valence-corrected chi connectivity index (χ4v) is 1.28. The second kappa shape index (κ2) is 6.74. The Morgan fingerprint density at radius 1 is 1.56 bits per heavy atom. The zero-order valence-corrected chi connectivity index (χ0v) is 9.85. The van der Waals surface area contributed by atoms with Crippen molar-refractivity contribution < 1.29 is 19.3 Å². The molecular formula is C9H10ClN3O5. The van der Waals surface area contributed by atoms with E-state index in [4.69, 9.17) is 22.2 Å². The van der Waals surface area contributed by atoms with E-state index in [-0.39, 0.29) is 29.5 Å². The minimum Gasteiger partial charge on any atom is -0.486 e. The summed E-state index contributed by atoms with van der Waals surface area (Å²) in [6.45, 7) is -0.0804. The number of nitro benzene ring substituents is 1. The monoisotopic (exact) mass is 275 g/mol. The fraction of sp³-hybridized carbons (Fsp3) is 0.222. The van der Waals surface area contributed by atoms with Gasteiger partial charge in [0.05, 0.1) is 18.0 Å². The molecule has 0 fully saturated rings. The maximum Gasteiger partial charge on any atom is 0.329 e. The molecule has 0 aliphatic heterocycles. The third kappa shape index (κ3) is 4.17. The highest BCUT2D eigenvalue weighted by molar-refractivity contribution is 6.30. The first kappa shape index (κ1) is 14.2. The minimum atomic E-state index is -0.644. The van der Waals surface area contributed by atoms with Crippen LogP contribution in [0.15, 0.2) is 18.2 Å². The van der Waals surface area contributed by atoms with E-state index in [0.29, 0.717) is 0 Å². The number of hydrogen-bond acceptors (Lipinski definition) is 7. The average molecular weight is 276 g/mol. The van der Waals surface area contributed by atoms with Gasteiger partial charge in [-0.25, -0.2) is 5.84 Å². The standard InChI is InChI=1S/C9H10ClN3O5/c10-6-1-2-8(7(5-6)13(15)16)17-4-3-9(14)18-12-11/h1-2,5,12H,3-4,11H2. The molecule has 0 heterocycles. The van der Waals surface area contributed by atoms with E-state index in [2.05, 4.69) is 4.84 Å². The first-order chi connectivity index (χ1) is 8.54. The summed E-state index contributed by atoms with van der Waals surface area (Å²) in [6, 6.07) is 3.97. The molecule has 0 amide bonds. The van der Waals surface area contributed by atoms with Crippen molar-refractivity contribution in [3.63, 3.8) is 0 Å². The number of nitrogens with two attached hydrogens (primary N) is 1. The van der Waals surface area contributed by atoms with Crippen LogP contribution in [-0.4, -0.2) is 17.5 Å². The van der Waals surface area contributed by atoms with Crippen molar-refractivity contribution in [3.8, 4) is 5.75 Å². The Balaban J connectivity index is 2.62. The van der Waals surface area contributed by atoms with Crippen LogP contribution in [0.5, 0.6) is 5.75 Å². The van der Waals surface area contributed by atoms with Gasteiger partial charge in [0, 0.05) is 11.1 Å². The number of halogens is 1. The van der Waals surface area contributed by atoms with Crippen LogP contribution in [0.3, 0.4) is 0 Å². The van der Waals surface area contributed by atoms with Crippen LogP contribution in [0.4, 0.5) is 5.69 Å². The Kier molecular flexibility index (Phi) is 5.31. The summed E-state index contributed by atoms with van der Waals surface area (Å²) in [7, 11) is 0. The SMILES string of the molecule is NNOC(=O)CCOc1ccc(Cl)cc1[N+](=O)[O-]. The number of rotatable bonds is 6. The van der Waals surface area contributed by atoms with Crippen molar-refractivity contribution in [1.82, 2.24) is 5.59 Å². The molecule has 0 saturated heterocycles. The molecule has 0 atom stereocenters. The molecule has 9 heteroatoms. The largest absolute Gasteiger partial charge is 0.486 e. The highest BCUT2D eigenvalue weighted by Gasteiger charge is 2.16. The highest BCUT2D eigenvalue weighted by Crippen LogP contribution is 2.29. The predicted octanol–water partition coefficient (Wildman–Crippen LogP) is 0.939. The Morgan fingerprint density at radius 2 is 2.28 bits per heavy atom.